The first kappa shape index (κ1) is 15.1. The van der Waals surface area contributed by atoms with Crippen LogP contribution in [-0.4, -0.2) is 30.1 Å². The Balaban J connectivity index is 2.20. The van der Waals surface area contributed by atoms with Gasteiger partial charge in [0.15, 0.2) is 0 Å². The molecular weight excluding hydrogens is 248 g/mol. The maximum Gasteiger partial charge on any atom is 0.135 e. The number of hydrogen-bond donors (Lipinski definition) is 1. The number of anilines is 2. The van der Waals surface area contributed by atoms with Crippen LogP contribution in [0.1, 0.15) is 58.2 Å². The summed E-state index contributed by atoms with van der Waals surface area (Å²) in [5.74, 6) is 4.11. The van der Waals surface area contributed by atoms with Crippen molar-refractivity contribution in [2.24, 2.45) is 5.92 Å². The van der Waals surface area contributed by atoms with E-state index in [9.17, 15) is 0 Å². The Morgan fingerprint density at radius 1 is 1.20 bits per heavy atom. The third-order valence-corrected chi connectivity index (χ3v) is 4.40. The van der Waals surface area contributed by atoms with E-state index in [-0.39, 0.29) is 0 Å². The summed E-state index contributed by atoms with van der Waals surface area (Å²) in [5.41, 5.74) is 0. The molecule has 1 aliphatic rings. The number of aromatic nitrogens is 2. The SMILES string of the molecule is CNc1cc(N(C)C2CCC(C)CC2)nc(C(C)C)n1. The van der Waals surface area contributed by atoms with Gasteiger partial charge in [-0.25, -0.2) is 9.97 Å². The summed E-state index contributed by atoms with van der Waals surface area (Å²) < 4.78 is 0. The van der Waals surface area contributed by atoms with E-state index < -0.39 is 0 Å². The fraction of sp³-hybridized carbons (Fsp3) is 0.750. The maximum absolute atomic E-state index is 4.75. The first-order valence-corrected chi connectivity index (χ1v) is 7.80. The Hall–Kier alpha value is -1.32. The fourth-order valence-electron chi connectivity index (χ4n) is 2.84. The normalized spacial score (nSPS) is 22.9. The molecule has 1 saturated carbocycles. The Kier molecular flexibility index (Phi) is 4.84. The molecule has 0 unspecified atom stereocenters. The Morgan fingerprint density at radius 3 is 2.40 bits per heavy atom. The largest absolute Gasteiger partial charge is 0.373 e. The predicted molar refractivity (Wildman–Crippen MR) is 85.5 cm³/mol. The minimum absolute atomic E-state index is 0.349. The minimum Gasteiger partial charge on any atom is -0.373 e. The Labute approximate surface area is 123 Å². The number of nitrogens with zero attached hydrogens (tertiary/aromatic N) is 3. The van der Waals surface area contributed by atoms with Gasteiger partial charge in [0.25, 0.3) is 0 Å². The van der Waals surface area contributed by atoms with Crippen LogP contribution in [0.2, 0.25) is 0 Å². The van der Waals surface area contributed by atoms with Gasteiger partial charge >= 0.3 is 0 Å². The summed E-state index contributed by atoms with van der Waals surface area (Å²) in [6.45, 7) is 6.64. The average molecular weight is 276 g/mol. The molecule has 112 valence electrons. The molecule has 4 heteroatoms. The van der Waals surface area contributed by atoms with E-state index in [4.69, 9.17) is 4.98 Å². The quantitative estimate of drug-likeness (QED) is 0.911. The van der Waals surface area contributed by atoms with E-state index in [2.05, 4.69) is 49.1 Å². The van der Waals surface area contributed by atoms with Gasteiger partial charge < -0.3 is 10.2 Å². The van der Waals surface area contributed by atoms with Crippen LogP contribution in [0.15, 0.2) is 6.07 Å². The molecule has 0 atom stereocenters. The molecule has 2 rings (SSSR count). The molecule has 0 aliphatic heterocycles. The lowest BCUT2D eigenvalue weighted by Crippen LogP contribution is -2.35. The lowest BCUT2D eigenvalue weighted by molar-refractivity contribution is 0.340. The van der Waals surface area contributed by atoms with E-state index in [1.807, 2.05) is 7.05 Å². The van der Waals surface area contributed by atoms with E-state index >= 15 is 0 Å². The number of rotatable bonds is 4. The monoisotopic (exact) mass is 276 g/mol. The van der Waals surface area contributed by atoms with Crippen molar-refractivity contribution in [3.63, 3.8) is 0 Å². The zero-order valence-corrected chi connectivity index (χ0v) is 13.5. The molecule has 1 fully saturated rings. The van der Waals surface area contributed by atoms with Gasteiger partial charge in [-0.2, -0.15) is 0 Å². The molecule has 0 amide bonds. The summed E-state index contributed by atoms with van der Waals surface area (Å²) in [6.07, 6.45) is 5.20. The van der Waals surface area contributed by atoms with Crippen molar-refractivity contribution in [2.45, 2.75) is 58.4 Å². The minimum atomic E-state index is 0.349. The molecule has 0 spiro atoms. The molecule has 4 nitrogen and oxygen atoms in total. The van der Waals surface area contributed by atoms with Gasteiger partial charge in [-0.15, -0.1) is 0 Å². The van der Waals surface area contributed by atoms with E-state index in [1.54, 1.807) is 0 Å². The fourth-order valence-corrected chi connectivity index (χ4v) is 2.84. The van der Waals surface area contributed by atoms with Crippen LogP contribution in [0.5, 0.6) is 0 Å². The highest BCUT2D eigenvalue weighted by molar-refractivity contribution is 5.49. The Bertz CT molecular complexity index is 436. The van der Waals surface area contributed by atoms with Crippen molar-refractivity contribution in [3.05, 3.63) is 11.9 Å². The lowest BCUT2D eigenvalue weighted by atomic mass is 9.87. The van der Waals surface area contributed by atoms with Gasteiger partial charge in [0.1, 0.15) is 17.5 Å². The smallest absolute Gasteiger partial charge is 0.135 e. The van der Waals surface area contributed by atoms with Gasteiger partial charge in [0.2, 0.25) is 0 Å². The first-order valence-electron chi connectivity index (χ1n) is 7.80. The van der Waals surface area contributed by atoms with Crippen molar-refractivity contribution >= 4 is 11.6 Å². The van der Waals surface area contributed by atoms with Gasteiger partial charge in [0, 0.05) is 32.1 Å². The topological polar surface area (TPSA) is 41.0 Å². The highest BCUT2D eigenvalue weighted by Gasteiger charge is 2.23. The van der Waals surface area contributed by atoms with Crippen LogP contribution in [0.25, 0.3) is 0 Å². The molecule has 1 aromatic heterocycles. The summed E-state index contributed by atoms with van der Waals surface area (Å²) in [5, 5.41) is 3.15. The number of hydrogen-bond acceptors (Lipinski definition) is 4. The molecule has 20 heavy (non-hydrogen) atoms. The predicted octanol–water partition coefficient (Wildman–Crippen LogP) is 3.66. The van der Waals surface area contributed by atoms with Crippen molar-refractivity contribution in [1.29, 1.82) is 0 Å². The van der Waals surface area contributed by atoms with E-state index in [1.165, 1.54) is 25.7 Å². The van der Waals surface area contributed by atoms with Crippen LogP contribution in [0.3, 0.4) is 0 Å². The highest BCUT2D eigenvalue weighted by atomic mass is 15.2. The molecular formula is C16H28N4. The van der Waals surface area contributed by atoms with Crippen LogP contribution >= 0.6 is 0 Å². The third kappa shape index (κ3) is 3.41. The molecule has 0 radical (unpaired) electrons. The zero-order chi connectivity index (χ0) is 14.7. The second-order valence-electron chi connectivity index (χ2n) is 6.40. The third-order valence-electron chi connectivity index (χ3n) is 4.40. The lowest BCUT2D eigenvalue weighted by Gasteiger charge is -2.34. The van der Waals surface area contributed by atoms with Crippen LogP contribution in [0.4, 0.5) is 11.6 Å². The average Bonchev–Trinajstić information content (AvgIpc) is 2.46. The second-order valence-corrected chi connectivity index (χ2v) is 6.40. The highest BCUT2D eigenvalue weighted by Crippen LogP contribution is 2.29. The van der Waals surface area contributed by atoms with Gasteiger partial charge in [-0.05, 0) is 31.6 Å². The van der Waals surface area contributed by atoms with Crippen molar-refractivity contribution in [1.82, 2.24) is 9.97 Å². The number of nitrogens with one attached hydrogen (secondary N) is 1. The van der Waals surface area contributed by atoms with Gasteiger partial charge in [0.05, 0.1) is 0 Å². The molecule has 1 N–H and O–H groups in total. The molecule has 0 bridgehead atoms. The summed E-state index contributed by atoms with van der Waals surface area (Å²) in [6, 6.07) is 2.68. The summed E-state index contributed by atoms with van der Waals surface area (Å²) in [7, 11) is 4.09. The molecule has 0 saturated heterocycles. The van der Waals surface area contributed by atoms with Crippen molar-refractivity contribution in [2.75, 3.05) is 24.3 Å². The molecule has 0 aromatic carbocycles. The first-order chi connectivity index (χ1) is 9.51. The Morgan fingerprint density at radius 2 is 1.85 bits per heavy atom. The van der Waals surface area contributed by atoms with E-state index in [0.717, 1.165) is 23.4 Å². The summed E-state index contributed by atoms with van der Waals surface area (Å²) in [4.78, 5) is 11.6. The van der Waals surface area contributed by atoms with Gasteiger partial charge in [-0.3, -0.25) is 0 Å². The van der Waals surface area contributed by atoms with Crippen LogP contribution in [-0.2, 0) is 0 Å². The molecule has 1 aromatic rings. The standard InChI is InChI=1S/C16H28N4/c1-11(2)16-18-14(17-4)10-15(19-16)20(5)13-8-6-12(3)7-9-13/h10-13H,6-9H2,1-5H3,(H,17,18,19). The van der Waals surface area contributed by atoms with Crippen molar-refractivity contribution < 1.29 is 0 Å². The molecule has 1 aliphatic carbocycles. The maximum atomic E-state index is 4.75. The zero-order valence-electron chi connectivity index (χ0n) is 13.5. The van der Waals surface area contributed by atoms with Crippen LogP contribution < -0.4 is 10.2 Å². The van der Waals surface area contributed by atoms with Crippen LogP contribution in [0, 0.1) is 5.92 Å². The van der Waals surface area contributed by atoms with Crippen molar-refractivity contribution in [3.8, 4) is 0 Å². The van der Waals surface area contributed by atoms with E-state index in [0.29, 0.717) is 12.0 Å². The van der Waals surface area contributed by atoms with Gasteiger partial charge in [-0.1, -0.05) is 20.8 Å². The molecule has 1 heterocycles. The summed E-state index contributed by atoms with van der Waals surface area (Å²) >= 11 is 0. The second kappa shape index (κ2) is 6.42.